The van der Waals surface area contributed by atoms with Crippen LogP contribution in [0.3, 0.4) is 0 Å². The van der Waals surface area contributed by atoms with Crippen molar-refractivity contribution in [2.45, 2.75) is 45.6 Å². The number of nitrogens with zero attached hydrogens (tertiary/aromatic N) is 1. The Morgan fingerprint density at radius 1 is 1.28 bits per heavy atom. The number of nitrogens with one attached hydrogen (secondary N) is 2. The van der Waals surface area contributed by atoms with Gasteiger partial charge in [0.2, 0.25) is 0 Å². The zero-order valence-electron chi connectivity index (χ0n) is 11.8. The SMILES string of the molecule is CC(C)CCNS(=O)(=O)N(C)CCCNC1CC1. The first-order chi connectivity index (χ1) is 8.42. The summed E-state index contributed by atoms with van der Waals surface area (Å²) in [6.07, 6.45) is 4.27. The Hall–Kier alpha value is -0.170. The highest BCUT2D eigenvalue weighted by molar-refractivity contribution is 7.87. The predicted molar refractivity (Wildman–Crippen MR) is 74.6 cm³/mol. The van der Waals surface area contributed by atoms with E-state index in [1.54, 1.807) is 7.05 Å². The van der Waals surface area contributed by atoms with Gasteiger partial charge >= 0.3 is 0 Å². The van der Waals surface area contributed by atoms with Crippen LogP contribution >= 0.6 is 0 Å². The second kappa shape index (κ2) is 7.43. The fraction of sp³-hybridized carbons (Fsp3) is 1.00. The molecular formula is C12H27N3O2S. The van der Waals surface area contributed by atoms with Crippen LogP contribution in [0.25, 0.3) is 0 Å². The molecule has 0 heterocycles. The van der Waals surface area contributed by atoms with Crippen LogP contribution in [-0.2, 0) is 10.2 Å². The molecule has 0 unspecified atom stereocenters. The van der Waals surface area contributed by atoms with Crippen LogP contribution in [0.2, 0.25) is 0 Å². The van der Waals surface area contributed by atoms with Gasteiger partial charge in [-0.2, -0.15) is 12.7 Å². The summed E-state index contributed by atoms with van der Waals surface area (Å²) in [4.78, 5) is 0. The van der Waals surface area contributed by atoms with Crippen LogP contribution in [0, 0.1) is 5.92 Å². The maximum atomic E-state index is 11.8. The van der Waals surface area contributed by atoms with E-state index in [9.17, 15) is 8.42 Å². The molecule has 18 heavy (non-hydrogen) atoms. The van der Waals surface area contributed by atoms with E-state index in [-0.39, 0.29) is 0 Å². The van der Waals surface area contributed by atoms with Gasteiger partial charge in [-0.1, -0.05) is 13.8 Å². The first-order valence-electron chi connectivity index (χ1n) is 6.86. The first kappa shape index (κ1) is 15.9. The summed E-state index contributed by atoms with van der Waals surface area (Å²) in [5, 5.41) is 3.38. The van der Waals surface area contributed by atoms with Gasteiger partial charge in [-0.25, -0.2) is 4.72 Å². The molecule has 0 radical (unpaired) electrons. The summed E-state index contributed by atoms with van der Waals surface area (Å²) in [6.45, 7) is 6.15. The van der Waals surface area contributed by atoms with Crippen LogP contribution in [0.15, 0.2) is 0 Å². The highest BCUT2D eigenvalue weighted by Crippen LogP contribution is 2.18. The molecule has 0 atom stereocenters. The molecule has 1 saturated carbocycles. The van der Waals surface area contributed by atoms with Crippen molar-refractivity contribution in [3.05, 3.63) is 0 Å². The lowest BCUT2D eigenvalue weighted by Crippen LogP contribution is -2.40. The normalized spacial score (nSPS) is 16.7. The monoisotopic (exact) mass is 277 g/mol. The molecule has 6 heteroatoms. The Bertz CT molecular complexity index is 326. The van der Waals surface area contributed by atoms with Crippen molar-refractivity contribution in [3.8, 4) is 0 Å². The molecule has 1 rings (SSSR count). The van der Waals surface area contributed by atoms with Gasteiger partial charge in [0, 0.05) is 26.2 Å². The maximum Gasteiger partial charge on any atom is 0.279 e. The Labute approximate surface area is 112 Å². The van der Waals surface area contributed by atoms with Crippen molar-refractivity contribution in [1.82, 2.24) is 14.3 Å². The Morgan fingerprint density at radius 2 is 1.94 bits per heavy atom. The third-order valence-corrected chi connectivity index (χ3v) is 4.65. The zero-order valence-corrected chi connectivity index (χ0v) is 12.6. The average molecular weight is 277 g/mol. The smallest absolute Gasteiger partial charge is 0.279 e. The molecular weight excluding hydrogens is 250 g/mol. The van der Waals surface area contributed by atoms with Gasteiger partial charge in [-0.15, -0.1) is 0 Å². The molecule has 5 nitrogen and oxygen atoms in total. The topological polar surface area (TPSA) is 61.4 Å². The summed E-state index contributed by atoms with van der Waals surface area (Å²) >= 11 is 0. The van der Waals surface area contributed by atoms with E-state index in [1.807, 2.05) is 0 Å². The van der Waals surface area contributed by atoms with Crippen molar-refractivity contribution >= 4 is 10.2 Å². The highest BCUT2D eigenvalue weighted by atomic mass is 32.2. The first-order valence-corrected chi connectivity index (χ1v) is 8.30. The number of hydrogen-bond donors (Lipinski definition) is 2. The van der Waals surface area contributed by atoms with E-state index in [1.165, 1.54) is 17.1 Å². The molecule has 108 valence electrons. The average Bonchev–Trinajstić information content (AvgIpc) is 3.07. The van der Waals surface area contributed by atoms with Gasteiger partial charge in [-0.3, -0.25) is 0 Å². The minimum absolute atomic E-state index is 0.515. The molecule has 1 aliphatic rings. The van der Waals surface area contributed by atoms with Crippen molar-refractivity contribution in [3.63, 3.8) is 0 Å². The van der Waals surface area contributed by atoms with Crippen LogP contribution in [0.4, 0.5) is 0 Å². The molecule has 0 amide bonds. The van der Waals surface area contributed by atoms with Crippen LogP contribution < -0.4 is 10.0 Å². The second-order valence-corrected chi connectivity index (χ2v) is 7.35. The Kier molecular flexibility index (Phi) is 6.55. The fourth-order valence-corrected chi connectivity index (χ4v) is 2.57. The summed E-state index contributed by atoms with van der Waals surface area (Å²) in [7, 11) is -1.65. The van der Waals surface area contributed by atoms with E-state index in [0.717, 1.165) is 19.4 Å². The van der Waals surface area contributed by atoms with Gasteiger partial charge in [0.1, 0.15) is 0 Å². The maximum absolute atomic E-state index is 11.8. The van der Waals surface area contributed by atoms with Crippen LogP contribution in [0.5, 0.6) is 0 Å². The molecule has 0 saturated heterocycles. The summed E-state index contributed by atoms with van der Waals surface area (Å²) < 4.78 is 27.7. The third-order valence-electron chi connectivity index (χ3n) is 3.08. The van der Waals surface area contributed by atoms with Gasteiger partial charge in [0.15, 0.2) is 0 Å². The molecule has 0 spiro atoms. The largest absolute Gasteiger partial charge is 0.314 e. The van der Waals surface area contributed by atoms with Crippen LogP contribution in [-0.4, -0.2) is 45.4 Å². The molecule has 0 bridgehead atoms. The molecule has 1 fully saturated rings. The molecule has 2 N–H and O–H groups in total. The Morgan fingerprint density at radius 3 is 2.50 bits per heavy atom. The lowest BCUT2D eigenvalue weighted by atomic mass is 10.1. The Balaban J connectivity index is 2.13. The van der Waals surface area contributed by atoms with E-state index in [2.05, 4.69) is 23.9 Å². The van der Waals surface area contributed by atoms with Gasteiger partial charge < -0.3 is 5.32 Å². The van der Waals surface area contributed by atoms with Crippen molar-refractivity contribution in [2.75, 3.05) is 26.7 Å². The van der Waals surface area contributed by atoms with Gasteiger partial charge in [0.05, 0.1) is 0 Å². The minimum Gasteiger partial charge on any atom is -0.314 e. The fourth-order valence-electron chi connectivity index (χ4n) is 1.60. The van der Waals surface area contributed by atoms with Crippen LogP contribution in [0.1, 0.15) is 39.5 Å². The van der Waals surface area contributed by atoms with E-state index < -0.39 is 10.2 Å². The predicted octanol–water partition coefficient (Wildman–Crippen LogP) is 0.941. The minimum atomic E-state index is -3.29. The van der Waals surface area contributed by atoms with Crippen molar-refractivity contribution in [1.29, 1.82) is 0 Å². The second-order valence-electron chi connectivity index (χ2n) is 5.49. The third kappa shape index (κ3) is 6.68. The van der Waals surface area contributed by atoms with Crippen molar-refractivity contribution < 1.29 is 8.42 Å². The summed E-state index contributed by atoms with van der Waals surface area (Å²) in [5.74, 6) is 0.515. The van der Waals surface area contributed by atoms with Gasteiger partial charge in [0.25, 0.3) is 10.2 Å². The molecule has 1 aliphatic carbocycles. The van der Waals surface area contributed by atoms with E-state index in [0.29, 0.717) is 25.0 Å². The van der Waals surface area contributed by atoms with E-state index >= 15 is 0 Å². The van der Waals surface area contributed by atoms with Crippen molar-refractivity contribution in [2.24, 2.45) is 5.92 Å². The standard InChI is InChI=1S/C12H27N3O2S/c1-11(2)7-9-14-18(16,17)15(3)10-4-8-13-12-5-6-12/h11-14H,4-10H2,1-3H3. The lowest BCUT2D eigenvalue weighted by Gasteiger charge is -2.18. The number of rotatable bonds is 10. The molecule has 0 aromatic carbocycles. The quantitative estimate of drug-likeness (QED) is 0.584. The lowest BCUT2D eigenvalue weighted by molar-refractivity contribution is 0.441. The molecule has 0 aliphatic heterocycles. The summed E-state index contributed by atoms with van der Waals surface area (Å²) in [6, 6.07) is 0.691. The number of hydrogen-bond acceptors (Lipinski definition) is 3. The van der Waals surface area contributed by atoms with E-state index in [4.69, 9.17) is 0 Å². The molecule has 0 aromatic heterocycles. The zero-order chi connectivity index (χ0) is 13.6. The summed E-state index contributed by atoms with van der Waals surface area (Å²) in [5.41, 5.74) is 0. The molecule has 0 aromatic rings. The highest BCUT2D eigenvalue weighted by Gasteiger charge is 2.20. The van der Waals surface area contributed by atoms with Gasteiger partial charge in [-0.05, 0) is 38.1 Å².